The Morgan fingerprint density at radius 2 is 2.00 bits per heavy atom. The van der Waals surface area contributed by atoms with E-state index in [-0.39, 0.29) is 23.7 Å². The van der Waals surface area contributed by atoms with Crippen LogP contribution in [0.1, 0.15) is 27.2 Å². The van der Waals surface area contributed by atoms with Crippen LogP contribution in [0.3, 0.4) is 0 Å². The van der Waals surface area contributed by atoms with Gasteiger partial charge < -0.3 is 10.4 Å². The fourth-order valence-electron chi connectivity index (χ4n) is 2.02. The van der Waals surface area contributed by atoms with Crippen LogP contribution in [0.2, 0.25) is 0 Å². The van der Waals surface area contributed by atoms with Crippen molar-refractivity contribution >= 4 is 18.4 Å². The Morgan fingerprint density at radius 3 is 2.43 bits per heavy atom. The smallest absolute Gasteiger partial charge is 0.308 e. The van der Waals surface area contributed by atoms with Crippen LogP contribution < -0.4 is 5.32 Å². The van der Waals surface area contributed by atoms with E-state index in [9.17, 15) is 4.79 Å². The van der Waals surface area contributed by atoms with Crippen molar-refractivity contribution in [1.29, 1.82) is 0 Å². The van der Waals surface area contributed by atoms with Crippen LogP contribution in [0.5, 0.6) is 0 Å². The van der Waals surface area contributed by atoms with E-state index in [1.54, 1.807) is 0 Å². The summed E-state index contributed by atoms with van der Waals surface area (Å²) < 4.78 is 0. The zero-order valence-electron chi connectivity index (χ0n) is 9.04. The van der Waals surface area contributed by atoms with Crippen molar-refractivity contribution in [3.8, 4) is 0 Å². The van der Waals surface area contributed by atoms with Gasteiger partial charge in [0.15, 0.2) is 0 Å². The molecule has 1 saturated heterocycles. The Morgan fingerprint density at radius 1 is 1.43 bits per heavy atom. The third-order valence-corrected chi connectivity index (χ3v) is 2.53. The molecule has 3 nitrogen and oxygen atoms in total. The Labute approximate surface area is 91.7 Å². The Hall–Kier alpha value is -0.280. The second-order valence-corrected chi connectivity index (χ2v) is 5.13. The molecule has 0 aromatic rings. The van der Waals surface area contributed by atoms with Gasteiger partial charge in [-0.1, -0.05) is 20.8 Å². The van der Waals surface area contributed by atoms with E-state index in [2.05, 4.69) is 26.1 Å². The number of carboxylic acids is 1. The fraction of sp³-hybridized carbons (Fsp3) is 0.900. The fourth-order valence-corrected chi connectivity index (χ4v) is 2.02. The average Bonchev–Trinajstić information content (AvgIpc) is 2.31. The van der Waals surface area contributed by atoms with E-state index in [1.165, 1.54) is 0 Å². The molecule has 0 aliphatic carbocycles. The number of carbonyl (C=O) groups is 1. The first-order valence-corrected chi connectivity index (χ1v) is 4.84. The van der Waals surface area contributed by atoms with Gasteiger partial charge >= 0.3 is 5.97 Å². The minimum Gasteiger partial charge on any atom is -0.481 e. The Kier molecular flexibility index (Phi) is 4.89. The van der Waals surface area contributed by atoms with Gasteiger partial charge in [-0.3, -0.25) is 4.79 Å². The highest BCUT2D eigenvalue weighted by Gasteiger charge is 2.34. The molecule has 0 aromatic carbocycles. The molecule has 1 aliphatic heterocycles. The summed E-state index contributed by atoms with van der Waals surface area (Å²) in [7, 11) is 0. The minimum atomic E-state index is -0.653. The highest BCUT2D eigenvalue weighted by atomic mass is 35.5. The molecule has 4 heteroatoms. The van der Waals surface area contributed by atoms with Gasteiger partial charge in [-0.05, 0) is 24.3 Å². The molecule has 14 heavy (non-hydrogen) atoms. The molecule has 0 aromatic heterocycles. The van der Waals surface area contributed by atoms with Gasteiger partial charge in [0.05, 0.1) is 5.92 Å². The SMILES string of the molecule is CC(C)(C)C[C@@H]1CNC[C@H]1C(=O)O.Cl. The lowest BCUT2D eigenvalue weighted by molar-refractivity contribution is -0.142. The number of aliphatic carboxylic acids is 1. The lowest BCUT2D eigenvalue weighted by Gasteiger charge is -2.24. The van der Waals surface area contributed by atoms with E-state index in [0.717, 1.165) is 13.0 Å². The van der Waals surface area contributed by atoms with Gasteiger partial charge in [-0.2, -0.15) is 0 Å². The van der Waals surface area contributed by atoms with Crippen LogP contribution in [0, 0.1) is 17.3 Å². The zero-order valence-corrected chi connectivity index (χ0v) is 9.86. The number of halogens is 1. The first kappa shape index (κ1) is 13.7. The molecular formula is C10H20ClNO2. The van der Waals surface area contributed by atoms with E-state index in [0.29, 0.717) is 12.5 Å². The van der Waals surface area contributed by atoms with Crippen molar-refractivity contribution in [3.63, 3.8) is 0 Å². The summed E-state index contributed by atoms with van der Waals surface area (Å²) in [5.74, 6) is -0.532. The van der Waals surface area contributed by atoms with Crippen molar-refractivity contribution < 1.29 is 9.90 Å². The Bertz CT molecular complexity index is 201. The van der Waals surface area contributed by atoms with Crippen LogP contribution in [0.15, 0.2) is 0 Å². The highest BCUT2D eigenvalue weighted by molar-refractivity contribution is 5.85. The van der Waals surface area contributed by atoms with Gasteiger partial charge in [-0.15, -0.1) is 12.4 Å². The molecule has 84 valence electrons. The Balaban J connectivity index is 0.00000169. The third kappa shape index (κ3) is 3.84. The lowest BCUT2D eigenvalue weighted by atomic mass is 9.80. The molecule has 1 heterocycles. The average molecular weight is 222 g/mol. The summed E-state index contributed by atoms with van der Waals surface area (Å²) in [5, 5.41) is 12.1. The largest absolute Gasteiger partial charge is 0.481 e. The third-order valence-electron chi connectivity index (χ3n) is 2.53. The second kappa shape index (κ2) is 4.99. The topological polar surface area (TPSA) is 49.3 Å². The van der Waals surface area contributed by atoms with E-state index in [1.807, 2.05) is 0 Å². The van der Waals surface area contributed by atoms with Gasteiger partial charge in [0.25, 0.3) is 0 Å². The first-order valence-electron chi connectivity index (χ1n) is 4.84. The van der Waals surface area contributed by atoms with Gasteiger partial charge in [0.1, 0.15) is 0 Å². The zero-order chi connectivity index (χ0) is 10.1. The van der Waals surface area contributed by atoms with Crippen molar-refractivity contribution in [1.82, 2.24) is 5.32 Å². The molecule has 2 N–H and O–H groups in total. The lowest BCUT2D eigenvalue weighted by Crippen LogP contribution is -2.25. The van der Waals surface area contributed by atoms with Crippen LogP contribution in [-0.2, 0) is 4.79 Å². The minimum absolute atomic E-state index is 0. The molecule has 1 rings (SSSR count). The maximum absolute atomic E-state index is 10.9. The summed E-state index contributed by atoms with van der Waals surface area (Å²) >= 11 is 0. The predicted molar refractivity (Wildman–Crippen MR) is 58.8 cm³/mol. The number of hydrogen-bond donors (Lipinski definition) is 2. The van der Waals surface area contributed by atoms with Crippen LogP contribution in [0.4, 0.5) is 0 Å². The summed E-state index contributed by atoms with van der Waals surface area (Å²) in [5.41, 5.74) is 0.227. The van der Waals surface area contributed by atoms with Crippen molar-refractivity contribution in [3.05, 3.63) is 0 Å². The quantitative estimate of drug-likeness (QED) is 0.747. The molecule has 0 bridgehead atoms. The number of carboxylic acid groups (broad SMARTS) is 1. The first-order chi connectivity index (χ1) is 5.90. The van der Waals surface area contributed by atoms with Crippen LogP contribution in [-0.4, -0.2) is 24.2 Å². The summed E-state index contributed by atoms with van der Waals surface area (Å²) in [6.45, 7) is 7.96. The maximum atomic E-state index is 10.9. The standard InChI is InChI=1S/C10H19NO2.ClH/c1-10(2,3)4-7-5-11-6-8(7)9(12)13;/h7-8,11H,4-6H2,1-3H3,(H,12,13);1H/t7-,8-;/m1./s1. The normalized spacial score (nSPS) is 27.1. The number of rotatable bonds is 2. The number of hydrogen-bond acceptors (Lipinski definition) is 2. The van der Waals surface area contributed by atoms with Gasteiger partial charge in [-0.25, -0.2) is 0 Å². The molecule has 0 unspecified atom stereocenters. The van der Waals surface area contributed by atoms with E-state index < -0.39 is 5.97 Å². The van der Waals surface area contributed by atoms with Crippen LogP contribution >= 0.6 is 12.4 Å². The predicted octanol–water partition coefficient (Wildman–Crippen LogP) is 1.76. The summed E-state index contributed by atoms with van der Waals surface area (Å²) in [4.78, 5) is 10.9. The highest BCUT2D eigenvalue weighted by Crippen LogP contribution is 2.30. The van der Waals surface area contributed by atoms with Crippen molar-refractivity contribution in [2.24, 2.45) is 17.3 Å². The number of nitrogens with one attached hydrogen (secondary N) is 1. The van der Waals surface area contributed by atoms with E-state index in [4.69, 9.17) is 5.11 Å². The monoisotopic (exact) mass is 221 g/mol. The molecular weight excluding hydrogens is 202 g/mol. The van der Waals surface area contributed by atoms with E-state index >= 15 is 0 Å². The molecule has 0 amide bonds. The van der Waals surface area contributed by atoms with Crippen LogP contribution in [0.25, 0.3) is 0 Å². The maximum Gasteiger partial charge on any atom is 0.308 e. The molecule has 0 radical (unpaired) electrons. The molecule has 1 aliphatic rings. The van der Waals surface area contributed by atoms with Gasteiger partial charge in [0.2, 0.25) is 0 Å². The summed E-state index contributed by atoms with van der Waals surface area (Å²) in [6.07, 6.45) is 0.983. The molecule has 0 saturated carbocycles. The van der Waals surface area contributed by atoms with Crippen molar-refractivity contribution in [2.45, 2.75) is 27.2 Å². The molecule has 0 spiro atoms. The second-order valence-electron chi connectivity index (χ2n) is 5.13. The molecule has 1 fully saturated rings. The van der Waals surface area contributed by atoms with Gasteiger partial charge in [0, 0.05) is 6.54 Å². The summed E-state index contributed by atoms with van der Waals surface area (Å²) in [6, 6.07) is 0. The molecule has 2 atom stereocenters. The van der Waals surface area contributed by atoms with Crippen molar-refractivity contribution in [2.75, 3.05) is 13.1 Å².